The number of hydrogen-bond donors (Lipinski definition) is 0. The lowest BCUT2D eigenvalue weighted by Gasteiger charge is -2.47. The summed E-state index contributed by atoms with van der Waals surface area (Å²) in [4.78, 5) is 35.1. The number of anilines is 1. The zero-order chi connectivity index (χ0) is 23.7. The molecule has 0 saturated heterocycles. The summed E-state index contributed by atoms with van der Waals surface area (Å²) in [6, 6.07) is 11.4. The van der Waals surface area contributed by atoms with Crippen molar-refractivity contribution in [3.8, 4) is 11.5 Å². The molecule has 1 unspecified atom stereocenters. The number of carbonyl (C=O) groups is 1. The van der Waals surface area contributed by atoms with E-state index in [0.29, 0.717) is 28.0 Å². The Morgan fingerprint density at radius 3 is 2.58 bits per heavy atom. The molecular formula is C27H29N3O3. The van der Waals surface area contributed by atoms with Gasteiger partial charge in [0.25, 0.3) is 5.91 Å². The largest absolute Gasteiger partial charge is 0.452 e. The van der Waals surface area contributed by atoms with Crippen LogP contribution in [0, 0.1) is 0 Å². The van der Waals surface area contributed by atoms with Gasteiger partial charge in [-0.15, -0.1) is 0 Å². The Hall–Kier alpha value is -3.41. The van der Waals surface area contributed by atoms with Crippen molar-refractivity contribution >= 4 is 33.5 Å². The second-order valence-electron chi connectivity index (χ2n) is 9.88. The summed E-state index contributed by atoms with van der Waals surface area (Å²) in [6.07, 6.45) is 1.05. The fourth-order valence-corrected chi connectivity index (χ4v) is 5.49. The normalized spacial score (nSPS) is 17.5. The first kappa shape index (κ1) is 21.4. The van der Waals surface area contributed by atoms with Crippen molar-refractivity contribution in [1.82, 2.24) is 9.88 Å². The van der Waals surface area contributed by atoms with Gasteiger partial charge in [-0.05, 0) is 44.7 Å². The standard InChI is InChI=1S/C27H29N3O3/c1-7-30-20-13-21-19(12-18(20)15(2)14-27(30,3)4)28-23-16-10-8-9-11-17(16)24(31)22(25(23)33-21)26(32)29(5)6/h8-13,15H,7,14H2,1-6H3. The number of rotatable bonds is 2. The minimum atomic E-state index is -0.386. The van der Waals surface area contributed by atoms with Gasteiger partial charge >= 0.3 is 0 Å². The highest BCUT2D eigenvalue weighted by Crippen LogP contribution is 2.45. The highest BCUT2D eigenvalue weighted by Gasteiger charge is 2.36. The fraction of sp³-hybridized carbons (Fsp3) is 0.370. The third-order valence-electron chi connectivity index (χ3n) is 6.94. The van der Waals surface area contributed by atoms with Crippen LogP contribution in [0.1, 0.15) is 56.0 Å². The average molecular weight is 444 g/mol. The molecule has 1 aliphatic carbocycles. The van der Waals surface area contributed by atoms with Crippen molar-refractivity contribution < 1.29 is 9.21 Å². The lowest BCUT2D eigenvalue weighted by atomic mass is 9.80. The van der Waals surface area contributed by atoms with Gasteiger partial charge in [0, 0.05) is 48.7 Å². The summed E-state index contributed by atoms with van der Waals surface area (Å²) in [5.41, 5.74) is 3.94. The fourth-order valence-electron chi connectivity index (χ4n) is 5.49. The third-order valence-corrected chi connectivity index (χ3v) is 6.94. The molecule has 3 aliphatic rings. The summed E-state index contributed by atoms with van der Waals surface area (Å²) < 4.78 is 6.36. The van der Waals surface area contributed by atoms with Gasteiger partial charge in [-0.2, -0.15) is 0 Å². The van der Waals surface area contributed by atoms with E-state index in [0.717, 1.165) is 24.2 Å². The van der Waals surface area contributed by atoms with Gasteiger partial charge in [0.05, 0.1) is 0 Å². The van der Waals surface area contributed by atoms with Crippen molar-refractivity contribution in [2.24, 2.45) is 0 Å². The number of benzene rings is 3. The van der Waals surface area contributed by atoms with Crippen LogP contribution in [0.2, 0.25) is 0 Å². The molecule has 0 N–H and O–H groups in total. The van der Waals surface area contributed by atoms with Gasteiger partial charge in [0.2, 0.25) is 5.43 Å². The van der Waals surface area contributed by atoms with E-state index in [1.807, 2.05) is 18.2 Å². The van der Waals surface area contributed by atoms with E-state index in [2.05, 4.69) is 38.7 Å². The molecule has 0 aromatic heterocycles. The van der Waals surface area contributed by atoms with Gasteiger partial charge in [-0.1, -0.05) is 31.2 Å². The second kappa shape index (κ2) is 7.30. The molecule has 0 radical (unpaired) electrons. The Morgan fingerprint density at radius 1 is 1.21 bits per heavy atom. The molecule has 170 valence electrons. The third kappa shape index (κ3) is 3.11. The smallest absolute Gasteiger partial charge is 0.261 e. The lowest BCUT2D eigenvalue weighted by Crippen LogP contribution is -2.48. The first-order chi connectivity index (χ1) is 15.6. The SMILES string of the molecule is CCN1c2cc3oc4c(C(=O)N(C)C)c(=O)c5ccccc5c-4nc3cc2C(C)CC1(C)C. The summed E-state index contributed by atoms with van der Waals surface area (Å²) in [7, 11) is 3.27. The van der Waals surface area contributed by atoms with E-state index in [9.17, 15) is 9.59 Å². The van der Waals surface area contributed by atoms with Crippen LogP contribution < -0.4 is 10.3 Å². The molecule has 2 aromatic rings. The van der Waals surface area contributed by atoms with Gasteiger partial charge in [-0.3, -0.25) is 9.59 Å². The molecule has 5 rings (SSSR count). The second-order valence-corrected chi connectivity index (χ2v) is 9.88. The first-order valence-electron chi connectivity index (χ1n) is 11.5. The van der Waals surface area contributed by atoms with Crippen molar-refractivity contribution in [3.63, 3.8) is 0 Å². The molecule has 2 aromatic carbocycles. The van der Waals surface area contributed by atoms with Crippen LogP contribution >= 0.6 is 0 Å². The number of nitrogens with zero attached hydrogens (tertiary/aromatic N) is 3. The quantitative estimate of drug-likeness (QED) is 0.312. The van der Waals surface area contributed by atoms with Crippen LogP contribution in [-0.2, 0) is 0 Å². The minimum absolute atomic E-state index is 0.0174. The van der Waals surface area contributed by atoms with Gasteiger partial charge in [-0.25, -0.2) is 4.98 Å². The van der Waals surface area contributed by atoms with E-state index >= 15 is 0 Å². The molecule has 0 bridgehead atoms. The predicted octanol–water partition coefficient (Wildman–Crippen LogP) is 5.26. The van der Waals surface area contributed by atoms with Crippen LogP contribution in [0.3, 0.4) is 0 Å². The van der Waals surface area contributed by atoms with Crippen LogP contribution in [0.15, 0.2) is 45.6 Å². The van der Waals surface area contributed by atoms with Crippen LogP contribution in [0.4, 0.5) is 5.69 Å². The molecule has 2 aliphatic heterocycles. The topological polar surface area (TPSA) is 66.7 Å². The highest BCUT2D eigenvalue weighted by atomic mass is 16.3. The molecule has 2 heterocycles. The van der Waals surface area contributed by atoms with Gasteiger partial charge in [0.1, 0.15) is 16.8 Å². The molecule has 6 nitrogen and oxygen atoms in total. The van der Waals surface area contributed by atoms with Crippen LogP contribution in [-0.4, -0.2) is 42.0 Å². The number of carbonyl (C=O) groups excluding carboxylic acids is 1. The summed E-state index contributed by atoms with van der Waals surface area (Å²) >= 11 is 0. The van der Waals surface area contributed by atoms with Gasteiger partial charge in [0.15, 0.2) is 11.3 Å². The van der Waals surface area contributed by atoms with Crippen molar-refractivity contribution in [2.45, 2.75) is 45.6 Å². The summed E-state index contributed by atoms with van der Waals surface area (Å²) in [5.74, 6) is 0.242. The summed E-state index contributed by atoms with van der Waals surface area (Å²) in [6.45, 7) is 9.81. The molecule has 0 fully saturated rings. The predicted molar refractivity (Wildman–Crippen MR) is 133 cm³/mol. The van der Waals surface area contributed by atoms with E-state index in [-0.39, 0.29) is 28.2 Å². The van der Waals surface area contributed by atoms with E-state index in [1.54, 1.807) is 26.2 Å². The molecule has 1 amide bonds. The van der Waals surface area contributed by atoms with Crippen LogP contribution in [0.5, 0.6) is 0 Å². The minimum Gasteiger partial charge on any atom is -0.452 e. The van der Waals surface area contributed by atoms with E-state index in [1.165, 1.54) is 10.5 Å². The Kier molecular flexibility index (Phi) is 4.74. The molecule has 6 heteroatoms. The number of fused-ring (bicyclic) bond motifs is 5. The van der Waals surface area contributed by atoms with Crippen molar-refractivity contribution in [3.05, 3.63) is 57.7 Å². The maximum atomic E-state index is 13.3. The average Bonchev–Trinajstić information content (AvgIpc) is 2.77. The monoisotopic (exact) mass is 443 g/mol. The Morgan fingerprint density at radius 2 is 1.91 bits per heavy atom. The first-order valence-corrected chi connectivity index (χ1v) is 11.5. The maximum absolute atomic E-state index is 13.3. The molecular weight excluding hydrogens is 414 g/mol. The van der Waals surface area contributed by atoms with Crippen LogP contribution in [0.25, 0.3) is 33.3 Å². The zero-order valence-corrected chi connectivity index (χ0v) is 20.0. The Bertz CT molecular complexity index is 1450. The van der Waals surface area contributed by atoms with Crippen molar-refractivity contribution in [1.29, 1.82) is 0 Å². The van der Waals surface area contributed by atoms with Crippen molar-refractivity contribution in [2.75, 3.05) is 25.5 Å². The molecule has 33 heavy (non-hydrogen) atoms. The number of amides is 1. The van der Waals surface area contributed by atoms with E-state index in [4.69, 9.17) is 9.40 Å². The molecule has 0 spiro atoms. The summed E-state index contributed by atoms with van der Waals surface area (Å²) in [5, 5.41) is 1.17. The Labute approximate surface area is 193 Å². The zero-order valence-electron chi connectivity index (χ0n) is 20.0. The number of hydrogen-bond acceptors (Lipinski definition) is 5. The molecule has 1 atom stereocenters. The lowest BCUT2D eigenvalue weighted by molar-refractivity contribution is 0.0825. The van der Waals surface area contributed by atoms with Gasteiger partial charge < -0.3 is 14.2 Å². The molecule has 0 saturated carbocycles. The number of aromatic nitrogens is 1. The Balaban J connectivity index is 1.91. The van der Waals surface area contributed by atoms with E-state index < -0.39 is 0 Å². The maximum Gasteiger partial charge on any atom is 0.261 e. The highest BCUT2D eigenvalue weighted by molar-refractivity contribution is 6.08.